The molecule has 2 unspecified atom stereocenters. The van der Waals surface area contributed by atoms with Gasteiger partial charge >= 0.3 is 17.9 Å². The number of phenolic OH excluding ortho intramolecular Hbond substituents is 4. The van der Waals surface area contributed by atoms with Crippen LogP contribution in [-0.4, -0.2) is 79.6 Å². The van der Waals surface area contributed by atoms with Crippen LogP contribution in [0.5, 0.6) is 23.0 Å². The molecule has 0 aromatic heterocycles. The number of methoxy groups -OCH3 is 1. The Hall–Kier alpha value is -4.55. The summed E-state index contributed by atoms with van der Waals surface area (Å²) in [4.78, 5) is 37.1. The van der Waals surface area contributed by atoms with Crippen LogP contribution in [0.15, 0.2) is 48.6 Å². The average Bonchev–Trinajstić information content (AvgIpc) is 2.87. The predicted octanol–water partition coefficient (Wildman–Crippen LogP) is 1.12. The number of carbonyl (C=O) groups excluding carboxylic acids is 3. The number of aromatic hydroxyl groups is 4. The highest BCUT2D eigenvalue weighted by Crippen LogP contribution is 2.34. The standard InChI is InChI=1S/C26H26O12/c1-36-25(34)26(35)12-20(31)24(38-23(33)9-5-15-3-7-17(28)19(30)11-15)21(13-26)37-22(32)8-4-14-2-6-16(27)18(29)10-14/h2-11,20-21,24,27-31,35H,12-13H2,1H3/b8-4+,9-5+/t20?,21?,24-,26+/m0/s1. The molecule has 0 bridgehead atoms. The van der Waals surface area contributed by atoms with Crippen LogP contribution >= 0.6 is 0 Å². The maximum atomic E-state index is 12.5. The largest absolute Gasteiger partial charge is 0.504 e. The molecule has 202 valence electrons. The summed E-state index contributed by atoms with van der Waals surface area (Å²) < 4.78 is 15.2. The Balaban J connectivity index is 1.77. The number of ether oxygens (including phenoxy) is 3. The summed E-state index contributed by atoms with van der Waals surface area (Å²) in [6.07, 6.45) is -1.24. The molecule has 12 nitrogen and oxygen atoms in total. The normalized spacial score (nSPS) is 23.3. The van der Waals surface area contributed by atoms with Crippen LogP contribution in [0.25, 0.3) is 12.2 Å². The highest BCUT2D eigenvalue weighted by molar-refractivity contribution is 5.88. The minimum Gasteiger partial charge on any atom is -0.504 e. The van der Waals surface area contributed by atoms with Gasteiger partial charge in [-0.05, 0) is 47.5 Å². The van der Waals surface area contributed by atoms with Gasteiger partial charge in [0.15, 0.2) is 34.7 Å². The minimum absolute atomic E-state index is 0.334. The number of aliphatic hydroxyl groups excluding tert-OH is 1. The molecule has 1 aliphatic rings. The summed E-state index contributed by atoms with van der Waals surface area (Å²) in [6.45, 7) is 0. The van der Waals surface area contributed by atoms with Gasteiger partial charge in [0.2, 0.25) is 0 Å². The van der Waals surface area contributed by atoms with Gasteiger partial charge in [-0.15, -0.1) is 0 Å². The molecule has 12 heteroatoms. The minimum atomic E-state index is -2.23. The zero-order valence-electron chi connectivity index (χ0n) is 20.1. The van der Waals surface area contributed by atoms with Gasteiger partial charge in [-0.25, -0.2) is 14.4 Å². The summed E-state index contributed by atoms with van der Waals surface area (Å²) in [5.41, 5.74) is -1.55. The molecule has 1 saturated carbocycles. The Labute approximate surface area is 216 Å². The van der Waals surface area contributed by atoms with Crippen molar-refractivity contribution in [3.05, 3.63) is 59.7 Å². The number of rotatable bonds is 7. The first-order valence-corrected chi connectivity index (χ1v) is 11.2. The number of hydrogen-bond donors (Lipinski definition) is 6. The third-order valence-corrected chi connectivity index (χ3v) is 5.74. The lowest BCUT2D eigenvalue weighted by Crippen LogP contribution is -2.58. The van der Waals surface area contributed by atoms with Crippen molar-refractivity contribution >= 4 is 30.1 Å². The summed E-state index contributed by atoms with van der Waals surface area (Å²) in [5.74, 6) is -4.57. The first-order valence-electron chi connectivity index (χ1n) is 11.2. The van der Waals surface area contributed by atoms with Crippen molar-refractivity contribution < 1.29 is 59.2 Å². The predicted molar refractivity (Wildman–Crippen MR) is 130 cm³/mol. The van der Waals surface area contributed by atoms with E-state index in [4.69, 9.17) is 9.47 Å². The average molecular weight is 530 g/mol. The van der Waals surface area contributed by atoms with Gasteiger partial charge in [0.25, 0.3) is 0 Å². The Morgan fingerprint density at radius 1 is 0.816 bits per heavy atom. The second kappa shape index (κ2) is 11.7. The van der Waals surface area contributed by atoms with E-state index < -0.39 is 66.2 Å². The van der Waals surface area contributed by atoms with Gasteiger partial charge in [0.05, 0.1) is 13.2 Å². The van der Waals surface area contributed by atoms with Crippen molar-refractivity contribution in [2.45, 2.75) is 36.8 Å². The first-order chi connectivity index (χ1) is 17.9. The quantitative estimate of drug-likeness (QED) is 0.129. The maximum absolute atomic E-state index is 12.5. The molecule has 1 aliphatic carbocycles. The molecule has 2 aromatic rings. The van der Waals surface area contributed by atoms with Crippen molar-refractivity contribution in [3.63, 3.8) is 0 Å². The van der Waals surface area contributed by atoms with Gasteiger partial charge in [-0.3, -0.25) is 0 Å². The van der Waals surface area contributed by atoms with Gasteiger partial charge < -0.3 is 44.8 Å². The highest BCUT2D eigenvalue weighted by Gasteiger charge is 2.52. The molecule has 0 spiro atoms. The van der Waals surface area contributed by atoms with E-state index >= 15 is 0 Å². The molecule has 0 saturated heterocycles. The van der Waals surface area contributed by atoms with Crippen LogP contribution < -0.4 is 0 Å². The van der Waals surface area contributed by atoms with E-state index in [9.17, 15) is 45.0 Å². The van der Waals surface area contributed by atoms with E-state index in [-0.39, 0.29) is 11.5 Å². The molecular weight excluding hydrogens is 504 g/mol. The molecule has 38 heavy (non-hydrogen) atoms. The number of hydrogen-bond acceptors (Lipinski definition) is 12. The Morgan fingerprint density at radius 2 is 1.32 bits per heavy atom. The molecule has 4 atom stereocenters. The molecule has 6 N–H and O–H groups in total. The van der Waals surface area contributed by atoms with E-state index in [1.807, 2.05) is 0 Å². The lowest BCUT2D eigenvalue weighted by atomic mass is 9.79. The van der Waals surface area contributed by atoms with E-state index in [1.54, 1.807) is 0 Å². The fraction of sp³-hybridized carbons (Fsp3) is 0.269. The number of aliphatic hydroxyl groups is 2. The van der Waals surface area contributed by atoms with Crippen LogP contribution in [0, 0.1) is 0 Å². The summed E-state index contributed by atoms with van der Waals surface area (Å²) in [5, 5.41) is 59.2. The third kappa shape index (κ3) is 6.81. The second-order valence-electron chi connectivity index (χ2n) is 8.54. The molecule has 0 amide bonds. The number of esters is 3. The first kappa shape index (κ1) is 28.0. The monoisotopic (exact) mass is 530 g/mol. The number of benzene rings is 2. The van der Waals surface area contributed by atoms with Crippen molar-refractivity contribution in [3.8, 4) is 23.0 Å². The van der Waals surface area contributed by atoms with Crippen molar-refractivity contribution in [2.75, 3.05) is 7.11 Å². The maximum Gasteiger partial charge on any atom is 0.338 e. The van der Waals surface area contributed by atoms with Crippen LogP contribution in [0.1, 0.15) is 24.0 Å². The SMILES string of the molecule is COC(=O)[C@@]1(O)CC(O)[C@H](OC(=O)/C=C/c2ccc(O)c(O)c2)C(OC(=O)/C=C/c2ccc(O)c(O)c2)C1. The summed E-state index contributed by atoms with van der Waals surface area (Å²) in [7, 11) is 1.03. The van der Waals surface area contributed by atoms with Crippen LogP contribution in [-0.2, 0) is 28.6 Å². The van der Waals surface area contributed by atoms with Crippen molar-refractivity contribution in [1.29, 1.82) is 0 Å². The number of carbonyl (C=O) groups is 3. The van der Waals surface area contributed by atoms with Crippen molar-refractivity contribution in [1.82, 2.24) is 0 Å². The zero-order valence-corrected chi connectivity index (χ0v) is 20.1. The zero-order chi connectivity index (χ0) is 28.0. The molecule has 0 radical (unpaired) electrons. The number of phenols is 4. The molecule has 0 heterocycles. The van der Waals surface area contributed by atoms with Gasteiger partial charge in [-0.1, -0.05) is 12.1 Å². The lowest BCUT2D eigenvalue weighted by molar-refractivity contribution is -0.206. The summed E-state index contributed by atoms with van der Waals surface area (Å²) >= 11 is 0. The van der Waals surface area contributed by atoms with Crippen LogP contribution in [0.3, 0.4) is 0 Å². The van der Waals surface area contributed by atoms with E-state index in [2.05, 4.69) is 4.74 Å². The van der Waals surface area contributed by atoms with Crippen LogP contribution in [0.4, 0.5) is 0 Å². The van der Waals surface area contributed by atoms with Crippen molar-refractivity contribution in [2.24, 2.45) is 0 Å². The molecule has 0 aliphatic heterocycles. The lowest BCUT2D eigenvalue weighted by Gasteiger charge is -2.41. The van der Waals surface area contributed by atoms with Gasteiger partial charge in [0, 0.05) is 25.0 Å². The molecule has 1 fully saturated rings. The Kier molecular flexibility index (Phi) is 8.61. The third-order valence-electron chi connectivity index (χ3n) is 5.74. The van der Waals surface area contributed by atoms with Crippen LogP contribution in [0.2, 0.25) is 0 Å². The molecular formula is C26H26O12. The molecule has 2 aromatic carbocycles. The molecule has 3 rings (SSSR count). The fourth-order valence-electron chi connectivity index (χ4n) is 3.84. The fourth-order valence-corrected chi connectivity index (χ4v) is 3.84. The Bertz CT molecular complexity index is 1270. The second-order valence-corrected chi connectivity index (χ2v) is 8.54. The Morgan fingerprint density at radius 3 is 1.79 bits per heavy atom. The van der Waals surface area contributed by atoms with E-state index in [1.165, 1.54) is 48.6 Å². The topological polar surface area (TPSA) is 200 Å². The highest BCUT2D eigenvalue weighted by atomic mass is 16.6. The van der Waals surface area contributed by atoms with Gasteiger partial charge in [-0.2, -0.15) is 0 Å². The summed E-state index contributed by atoms with van der Waals surface area (Å²) in [6, 6.07) is 7.61. The van der Waals surface area contributed by atoms with Gasteiger partial charge in [0.1, 0.15) is 6.10 Å². The smallest absolute Gasteiger partial charge is 0.338 e. The van der Waals surface area contributed by atoms with E-state index in [0.717, 1.165) is 19.3 Å². The van der Waals surface area contributed by atoms with E-state index in [0.29, 0.717) is 11.1 Å².